The number of hydrogen-bond acceptors (Lipinski definition) is 5. The van der Waals surface area contributed by atoms with Crippen molar-refractivity contribution in [1.29, 1.82) is 0 Å². The lowest BCUT2D eigenvalue weighted by Gasteiger charge is -2.33. The maximum atomic E-state index is 13.8. The first-order valence-electron chi connectivity index (χ1n) is 12.2. The summed E-state index contributed by atoms with van der Waals surface area (Å²) in [5.41, 5.74) is 0.877. The fourth-order valence-corrected chi connectivity index (χ4v) is 5.81. The average molecular weight is 571 g/mol. The molecule has 8 nitrogen and oxygen atoms in total. The summed E-state index contributed by atoms with van der Waals surface area (Å²) in [4.78, 5) is 28.5. The Labute approximate surface area is 228 Å². The van der Waals surface area contributed by atoms with Crippen molar-refractivity contribution in [2.45, 2.75) is 57.7 Å². The van der Waals surface area contributed by atoms with Crippen LogP contribution in [0.5, 0.6) is 5.75 Å². The number of ether oxygens (including phenoxy) is 1. The van der Waals surface area contributed by atoms with Crippen molar-refractivity contribution >= 4 is 50.7 Å². The van der Waals surface area contributed by atoms with Gasteiger partial charge < -0.3 is 15.0 Å². The largest absolute Gasteiger partial charge is 0.497 e. The van der Waals surface area contributed by atoms with Gasteiger partial charge in [-0.05, 0) is 49.1 Å². The molecule has 11 heteroatoms. The minimum atomic E-state index is -3.84. The number of benzene rings is 2. The van der Waals surface area contributed by atoms with Crippen LogP contribution in [-0.2, 0) is 26.2 Å². The summed E-state index contributed by atoms with van der Waals surface area (Å²) in [6, 6.07) is 10.6. The van der Waals surface area contributed by atoms with E-state index >= 15 is 0 Å². The predicted molar refractivity (Wildman–Crippen MR) is 147 cm³/mol. The van der Waals surface area contributed by atoms with Gasteiger partial charge in [-0.2, -0.15) is 0 Å². The lowest BCUT2D eigenvalue weighted by Crippen LogP contribution is -2.53. The maximum Gasteiger partial charge on any atom is 0.244 e. The minimum Gasteiger partial charge on any atom is -0.497 e. The molecule has 1 fully saturated rings. The Kier molecular flexibility index (Phi) is 10.1. The van der Waals surface area contributed by atoms with Crippen LogP contribution in [-0.4, -0.2) is 57.1 Å². The zero-order valence-electron chi connectivity index (χ0n) is 21.2. The second-order valence-electron chi connectivity index (χ2n) is 9.14. The Bertz CT molecular complexity index is 1220. The van der Waals surface area contributed by atoms with E-state index in [4.69, 9.17) is 27.9 Å². The monoisotopic (exact) mass is 569 g/mol. The number of rotatable bonds is 11. The van der Waals surface area contributed by atoms with Crippen molar-refractivity contribution in [1.82, 2.24) is 10.2 Å². The molecule has 1 atom stereocenters. The first-order chi connectivity index (χ1) is 17.5. The van der Waals surface area contributed by atoms with Gasteiger partial charge in [-0.15, -0.1) is 0 Å². The van der Waals surface area contributed by atoms with Crippen molar-refractivity contribution in [3.8, 4) is 5.75 Å². The van der Waals surface area contributed by atoms with E-state index in [0.717, 1.165) is 36.2 Å². The van der Waals surface area contributed by atoms with Crippen LogP contribution < -0.4 is 14.4 Å². The first-order valence-corrected chi connectivity index (χ1v) is 14.8. The summed E-state index contributed by atoms with van der Waals surface area (Å²) in [5.74, 6) is -0.349. The van der Waals surface area contributed by atoms with E-state index < -0.39 is 28.5 Å². The van der Waals surface area contributed by atoms with Crippen molar-refractivity contribution in [3.63, 3.8) is 0 Å². The van der Waals surface area contributed by atoms with Crippen LogP contribution in [0, 0.1) is 0 Å². The summed E-state index contributed by atoms with van der Waals surface area (Å²) in [7, 11) is -2.37. The third-order valence-electron chi connectivity index (χ3n) is 6.46. The van der Waals surface area contributed by atoms with E-state index in [2.05, 4.69) is 5.32 Å². The van der Waals surface area contributed by atoms with E-state index in [1.165, 1.54) is 12.0 Å². The van der Waals surface area contributed by atoms with E-state index in [9.17, 15) is 18.0 Å². The van der Waals surface area contributed by atoms with Crippen molar-refractivity contribution in [2.75, 3.05) is 24.2 Å². The van der Waals surface area contributed by atoms with Crippen molar-refractivity contribution in [2.24, 2.45) is 0 Å². The molecule has 1 saturated carbocycles. The molecule has 1 N–H and O–H groups in total. The molecule has 0 heterocycles. The molecule has 202 valence electrons. The molecule has 1 aliphatic carbocycles. The van der Waals surface area contributed by atoms with Crippen LogP contribution in [0.3, 0.4) is 0 Å². The smallest absolute Gasteiger partial charge is 0.244 e. The minimum absolute atomic E-state index is 0.0150. The third-order valence-corrected chi connectivity index (χ3v) is 8.19. The summed E-state index contributed by atoms with van der Waals surface area (Å²) in [5, 5.41) is 3.86. The van der Waals surface area contributed by atoms with E-state index in [-0.39, 0.29) is 24.2 Å². The number of amides is 2. The number of halogens is 2. The fourth-order valence-electron chi connectivity index (χ4n) is 4.50. The molecule has 3 rings (SSSR count). The van der Waals surface area contributed by atoms with Crippen LogP contribution in [0.25, 0.3) is 0 Å². The Morgan fingerprint density at radius 3 is 2.43 bits per heavy atom. The molecule has 37 heavy (non-hydrogen) atoms. The van der Waals surface area contributed by atoms with Gasteiger partial charge in [0.15, 0.2) is 0 Å². The first kappa shape index (κ1) is 29.1. The molecule has 1 aliphatic rings. The van der Waals surface area contributed by atoms with Gasteiger partial charge in [0.1, 0.15) is 18.3 Å². The molecule has 0 spiro atoms. The van der Waals surface area contributed by atoms with Crippen LogP contribution in [0.4, 0.5) is 5.69 Å². The standard InChI is InChI=1S/C26H33Cl2N3O5S/c1-4-24(26(33)29-20-8-5-6-9-20)30(16-18-12-13-19(27)14-23(18)28)25(32)17-31(37(3,34)35)21-10-7-11-22(15-21)36-2/h7,10-15,20,24H,4-6,8-9,16-17H2,1-3H3,(H,29,33)/t24-/m0/s1. The molecule has 0 radical (unpaired) electrons. The Balaban J connectivity index is 1.95. The van der Waals surface area contributed by atoms with Crippen LogP contribution in [0.15, 0.2) is 42.5 Å². The Morgan fingerprint density at radius 2 is 1.84 bits per heavy atom. The number of anilines is 1. The van der Waals surface area contributed by atoms with Gasteiger partial charge in [-0.1, -0.05) is 55.1 Å². The van der Waals surface area contributed by atoms with E-state index in [1.807, 2.05) is 6.92 Å². The van der Waals surface area contributed by atoms with Gasteiger partial charge in [0.2, 0.25) is 21.8 Å². The molecule has 2 aromatic rings. The normalized spacial score (nSPS) is 14.7. The molecule has 0 aliphatic heterocycles. The number of methoxy groups -OCH3 is 1. The molecule has 0 saturated heterocycles. The summed E-state index contributed by atoms with van der Waals surface area (Å²) in [6.07, 6.45) is 5.27. The maximum absolute atomic E-state index is 13.8. The molecular weight excluding hydrogens is 537 g/mol. The van der Waals surface area contributed by atoms with Gasteiger partial charge in [0, 0.05) is 28.7 Å². The third kappa shape index (κ3) is 7.75. The lowest BCUT2D eigenvalue weighted by atomic mass is 10.1. The number of nitrogens with one attached hydrogen (secondary N) is 1. The SMILES string of the molecule is CC[C@@H](C(=O)NC1CCCC1)N(Cc1ccc(Cl)cc1Cl)C(=O)CN(c1cccc(OC)c1)S(C)(=O)=O. The number of hydrogen-bond donors (Lipinski definition) is 1. The Morgan fingerprint density at radius 1 is 1.14 bits per heavy atom. The quantitative estimate of drug-likeness (QED) is 0.425. The molecular formula is C26H33Cl2N3O5S. The topological polar surface area (TPSA) is 96.0 Å². The molecule has 0 aromatic heterocycles. The van der Waals surface area contributed by atoms with E-state index in [0.29, 0.717) is 27.8 Å². The zero-order chi connectivity index (χ0) is 27.2. The Hall–Kier alpha value is -2.49. The van der Waals surface area contributed by atoms with Gasteiger partial charge in [0.25, 0.3) is 0 Å². The van der Waals surface area contributed by atoms with Gasteiger partial charge in [0.05, 0.1) is 19.1 Å². The van der Waals surface area contributed by atoms with Crippen LogP contribution >= 0.6 is 23.2 Å². The highest BCUT2D eigenvalue weighted by Gasteiger charge is 2.33. The highest BCUT2D eigenvalue weighted by atomic mass is 35.5. The molecule has 2 aromatic carbocycles. The van der Waals surface area contributed by atoms with E-state index in [1.54, 1.807) is 42.5 Å². The van der Waals surface area contributed by atoms with Gasteiger partial charge >= 0.3 is 0 Å². The molecule has 0 unspecified atom stereocenters. The lowest BCUT2D eigenvalue weighted by molar-refractivity contribution is -0.140. The van der Waals surface area contributed by atoms with Crippen molar-refractivity contribution in [3.05, 3.63) is 58.1 Å². The second kappa shape index (κ2) is 12.8. The number of nitrogens with zero attached hydrogens (tertiary/aromatic N) is 2. The fraction of sp³-hybridized carbons (Fsp3) is 0.462. The average Bonchev–Trinajstić information content (AvgIpc) is 3.35. The van der Waals surface area contributed by atoms with Crippen LogP contribution in [0.2, 0.25) is 10.0 Å². The number of sulfonamides is 1. The second-order valence-corrected chi connectivity index (χ2v) is 11.9. The summed E-state index contributed by atoms with van der Waals surface area (Å²) < 4.78 is 31.7. The van der Waals surface area contributed by atoms with Gasteiger partial charge in [-0.3, -0.25) is 13.9 Å². The highest BCUT2D eigenvalue weighted by molar-refractivity contribution is 7.92. The predicted octanol–water partition coefficient (Wildman–Crippen LogP) is 4.63. The van der Waals surface area contributed by atoms with Crippen molar-refractivity contribution < 1.29 is 22.7 Å². The summed E-state index contributed by atoms with van der Waals surface area (Å²) >= 11 is 12.5. The highest BCUT2D eigenvalue weighted by Crippen LogP contribution is 2.26. The number of carbonyl (C=O) groups excluding carboxylic acids is 2. The summed E-state index contributed by atoms with van der Waals surface area (Å²) in [6.45, 7) is 1.34. The molecule has 2 amide bonds. The van der Waals surface area contributed by atoms with Crippen LogP contribution in [0.1, 0.15) is 44.6 Å². The zero-order valence-corrected chi connectivity index (χ0v) is 23.6. The number of carbonyl (C=O) groups is 2. The van der Waals surface area contributed by atoms with Gasteiger partial charge in [-0.25, -0.2) is 8.42 Å². The molecule has 0 bridgehead atoms.